The fourth-order valence-electron chi connectivity index (χ4n) is 6.20. The Kier molecular flexibility index (Phi) is 11.4. The van der Waals surface area contributed by atoms with Crippen molar-refractivity contribution in [2.24, 2.45) is 11.8 Å². The summed E-state index contributed by atoms with van der Waals surface area (Å²) in [6.07, 6.45) is 0.477. The van der Waals surface area contributed by atoms with Gasteiger partial charge in [-0.25, -0.2) is 4.79 Å². The number of benzene rings is 2. The first-order valence-corrected chi connectivity index (χ1v) is 16.0. The average Bonchev–Trinajstić information content (AvgIpc) is 3.60. The van der Waals surface area contributed by atoms with Gasteiger partial charge in [-0.3, -0.25) is 19.2 Å². The molecule has 2 aliphatic rings. The summed E-state index contributed by atoms with van der Waals surface area (Å²) in [5.74, 6) is -1.11. The first-order valence-electron chi connectivity index (χ1n) is 16.0. The predicted octanol–water partition coefficient (Wildman–Crippen LogP) is 3.62. The molecule has 11 nitrogen and oxygen atoms in total. The molecular formula is C35H47N5O6. The van der Waals surface area contributed by atoms with Crippen molar-refractivity contribution in [3.8, 4) is 0 Å². The van der Waals surface area contributed by atoms with Crippen LogP contribution in [0, 0.1) is 11.8 Å². The van der Waals surface area contributed by atoms with Crippen molar-refractivity contribution in [1.82, 2.24) is 20.4 Å². The standard InChI is InChI=1S/C35H47N5O6/c1-22(2)18-27(36-32(42)25-12-14-26(15-13-25)38(5)6)33(43)39-17-16-29-31(39)30(41)20-40(29)34(44)28(19-23(3)4)37-35(45)46-21-24-10-8-7-9-11-24/h7-15,22-23,27-29,31H,16-21H2,1-6H3,(H,36,42)(H,37,45)/t27-,28+,29?,31?/m0/s1. The number of alkyl carbamates (subject to hydrolysis) is 1. The summed E-state index contributed by atoms with van der Waals surface area (Å²) in [5.41, 5.74) is 2.21. The molecule has 46 heavy (non-hydrogen) atoms. The van der Waals surface area contributed by atoms with E-state index in [-0.39, 0.29) is 55.0 Å². The third-order valence-corrected chi connectivity index (χ3v) is 8.46. The van der Waals surface area contributed by atoms with Crippen LogP contribution in [0.1, 0.15) is 62.9 Å². The zero-order valence-electron chi connectivity index (χ0n) is 27.7. The maximum absolute atomic E-state index is 13.9. The second-order valence-corrected chi connectivity index (χ2v) is 13.3. The van der Waals surface area contributed by atoms with Crippen molar-refractivity contribution in [3.63, 3.8) is 0 Å². The van der Waals surface area contributed by atoms with E-state index in [4.69, 9.17) is 4.74 Å². The average molecular weight is 634 g/mol. The van der Waals surface area contributed by atoms with E-state index in [9.17, 15) is 24.0 Å². The van der Waals surface area contributed by atoms with Crippen LogP contribution >= 0.6 is 0 Å². The number of carbonyl (C=O) groups excluding carboxylic acids is 5. The third-order valence-electron chi connectivity index (χ3n) is 8.46. The van der Waals surface area contributed by atoms with Crippen molar-refractivity contribution in [3.05, 3.63) is 65.7 Å². The molecule has 11 heteroatoms. The van der Waals surface area contributed by atoms with Gasteiger partial charge in [0.2, 0.25) is 11.8 Å². The van der Waals surface area contributed by atoms with E-state index >= 15 is 0 Å². The lowest BCUT2D eigenvalue weighted by atomic mass is 10.0. The Labute approximate surface area is 271 Å². The Hall–Kier alpha value is -4.41. The predicted molar refractivity (Wildman–Crippen MR) is 175 cm³/mol. The van der Waals surface area contributed by atoms with Gasteiger partial charge >= 0.3 is 6.09 Å². The second-order valence-electron chi connectivity index (χ2n) is 13.3. The molecule has 2 N–H and O–H groups in total. The number of amides is 4. The number of fused-ring (bicyclic) bond motifs is 1. The smallest absolute Gasteiger partial charge is 0.408 e. The minimum absolute atomic E-state index is 0.0642. The van der Waals surface area contributed by atoms with Crippen LogP contribution in [-0.4, -0.2) is 90.8 Å². The van der Waals surface area contributed by atoms with Crippen molar-refractivity contribution >= 4 is 35.3 Å². The number of Topliss-reactive ketones (excluding diaryl/α,β-unsaturated/α-hetero) is 1. The topological polar surface area (TPSA) is 128 Å². The summed E-state index contributed by atoms with van der Waals surface area (Å²) in [6.45, 7) is 8.04. The molecule has 2 heterocycles. The van der Waals surface area contributed by atoms with E-state index < -0.39 is 30.3 Å². The quantitative estimate of drug-likeness (QED) is 0.366. The zero-order valence-corrected chi connectivity index (χ0v) is 27.7. The number of nitrogens with zero attached hydrogens (tertiary/aromatic N) is 3. The van der Waals surface area contributed by atoms with Crippen LogP contribution in [0.4, 0.5) is 10.5 Å². The molecule has 2 saturated heterocycles. The van der Waals surface area contributed by atoms with Gasteiger partial charge in [-0.05, 0) is 60.9 Å². The van der Waals surface area contributed by atoms with E-state index in [0.29, 0.717) is 24.8 Å². The van der Waals surface area contributed by atoms with E-state index in [0.717, 1.165) is 11.3 Å². The van der Waals surface area contributed by atoms with Gasteiger partial charge in [-0.15, -0.1) is 0 Å². The van der Waals surface area contributed by atoms with Crippen LogP contribution in [0.15, 0.2) is 54.6 Å². The van der Waals surface area contributed by atoms with Crippen LogP contribution in [0.25, 0.3) is 0 Å². The summed E-state index contributed by atoms with van der Waals surface area (Å²) in [4.78, 5) is 72.0. The molecule has 0 aliphatic carbocycles. The molecule has 0 radical (unpaired) electrons. The highest BCUT2D eigenvalue weighted by Gasteiger charge is 2.53. The number of hydrogen-bond donors (Lipinski definition) is 2. The van der Waals surface area contributed by atoms with Crippen LogP contribution in [0.5, 0.6) is 0 Å². The molecule has 4 amide bonds. The summed E-state index contributed by atoms with van der Waals surface area (Å²) >= 11 is 0. The minimum atomic E-state index is -0.883. The summed E-state index contributed by atoms with van der Waals surface area (Å²) in [6, 6.07) is 13.4. The van der Waals surface area contributed by atoms with E-state index in [2.05, 4.69) is 10.6 Å². The molecule has 0 aromatic heterocycles. The number of hydrogen-bond acceptors (Lipinski definition) is 7. The van der Waals surface area contributed by atoms with Gasteiger partial charge in [-0.2, -0.15) is 0 Å². The molecule has 2 unspecified atom stereocenters. The molecule has 4 atom stereocenters. The van der Waals surface area contributed by atoms with E-state index in [1.165, 1.54) is 9.80 Å². The number of ketones is 1. The van der Waals surface area contributed by atoms with Crippen LogP contribution < -0.4 is 15.5 Å². The Bertz CT molecular complexity index is 1390. The van der Waals surface area contributed by atoms with Crippen molar-refractivity contribution in [2.45, 2.75) is 77.7 Å². The van der Waals surface area contributed by atoms with Crippen molar-refractivity contribution in [2.75, 3.05) is 32.1 Å². The molecule has 2 aromatic rings. The summed E-state index contributed by atoms with van der Waals surface area (Å²) in [5, 5.41) is 5.62. The van der Waals surface area contributed by atoms with Crippen LogP contribution in [0.2, 0.25) is 0 Å². The Morgan fingerprint density at radius 1 is 0.848 bits per heavy atom. The Morgan fingerprint density at radius 2 is 1.43 bits per heavy atom. The fourth-order valence-corrected chi connectivity index (χ4v) is 6.20. The number of rotatable bonds is 12. The fraction of sp³-hybridized carbons (Fsp3) is 0.514. The van der Waals surface area contributed by atoms with Gasteiger partial charge in [0, 0.05) is 31.9 Å². The minimum Gasteiger partial charge on any atom is -0.445 e. The van der Waals surface area contributed by atoms with E-state index in [1.807, 2.05) is 89.2 Å². The highest BCUT2D eigenvalue weighted by Crippen LogP contribution is 2.32. The van der Waals surface area contributed by atoms with E-state index in [1.54, 1.807) is 12.1 Å². The first kappa shape index (κ1) is 34.5. The number of ether oxygens (including phenoxy) is 1. The van der Waals surface area contributed by atoms with Crippen LogP contribution in [-0.2, 0) is 25.7 Å². The molecule has 4 rings (SSSR count). The normalized spacial score (nSPS) is 18.7. The number of likely N-dealkylation sites (tertiary alicyclic amines) is 2. The van der Waals surface area contributed by atoms with Crippen molar-refractivity contribution < 1.29 is 28.7 Å². The highest BCUT2D eigenvalue weighted by molar-refractivity contribution is 6.01. The number of anilines is 1. The molecule has 0 saturated carbocycles. The Morgan fingerprint density at radius 3 is 2.02 bits per heavy atom. The molecule has 2 aromatic carbocycles. The van der Waals surface area contributed by atoms with Gasteiger partial charge in [0.05, 0.1) is 12.6 Å². The molecular weight excluding hydrogens is 586 g/mol. The van der Waals surface area contributed by atoms with Gasteiger partial charge in [0.1, 0.15) is 24.7 Å². The molecule has 0 bridgehead atoms. The highest BCUT2D eigenvalue weighted by atomic mass is 16.5. The summed E-state index contributed by atoms with van der Waals surface area (Å²) in [7, 11) is 3.83. The van der Waals surface area contributed by atoms with Gasteiger partial charge in [-0.1, -0.05) is 58.0 Å². The third kappa shape index (κ3) is 8.44. The van der Waals surface area contributed by atoms with Crippen molar-refractivity contribution in [1.29, 1.82) is 0 Å². The van der Waals surface area contributed by atoms with Gasteiger partial charge in [0.25, 0.3) is 5.91 Å². The zero-order chi connectivity index (χ0) is 33.5. The number of carbonyl (C=O) groups is 5. The largest absolute Gasteiger partial charge is 0.445 e. The van der Waals surface area contributed by atoms with Gasteiger partial charge < -0.3 is 30.1 Å². The second kappa shape index (κ2) is 15.2. The lowest BCUT2D eigenvalue weighted by molar-refractivity contribution is -0.138. The molecule has 248 valence electrons. The number of nitrogens with one attached hydrogen (secondary N) is 2. The molecule has 2 fully saturated rings. The van der Waals surface area contributed by atoms with Crippen LogP contribution in [0.3, 0.4) is 0 Å². The maximum Gasteiger partial charge on any atom is 0.408 e. The first-order chi connectivity index (χ1) is 21.8. The lowest BCUT2D eigenvalue weighted by Crippen LogP contribution is -2.53. The maximum atomic E-state index is 13.9. The Balaban J connectivity index is 1.44. The summed E-state index contributed by atoms with van der Waals surface area (Å²) < 4.78 is 5.37. The SMILES string of the molecule is CC(C)C[C@H](NC(=O)c1ccc(N(C)C)cc1)C(=O)N1CCC2C1C(=O)CN2C(=O)[C@@H](CC(C)C)NC(=O)OCc1ccccc1. The monoisotopic (exact) mass is 633 g/mol. The van der Waals surface area contributed by atoms with Gasteiger partial charge in [0.15, 0.2) is 5.78 Å². The molecule has 0 spiro atoms. The lowest BCUT2D eigenvalue weighted by Gasteiger charge is -2.30. The molecule has 2 aliphatic heterocycles.